The number of halogens is 3. The zero-order valence-electron chi connectivity index (χ0n) is 13.4. The van der Waals surface area contributed by atoms with E-state index in [9.17, 15) is 9.18 Å². The molecule has 3 nitrogen and oxygen atoms in total. The van der Waals surface area contributed by atoms with Gasteiger partial charge in [0, 0.05) is 10.6 Å². The minimum Gasteiger partial charge on any atom is -0.479 e. The molecule has 0 aliphatic carbocycles. The molecule has 3 rings (SSSR count). The van der Waals surface area contributed by atoms with Gasteiger partial charge in [-0.3, -0.25) is 4.79 Å². The predicted molar refractivity (Wildman–Crippen MR) is 99.2 cm³/mol. The molecule has 25 heavy (non-hydrogen) atoms. The number of thioether (sulfide) groups is 1. The Bertz CT molecular complexity index is 803. The van der Waals surface area contributed by atoms with Crippen LogP contribution in [0.15, 0.2) is 41.3 Å². The Morgan fingerprint density at radius 2 is 2.16 bits per heavy atom. The van der Waals surface area contributed by atoms with Gasteiger partial charge in [-0.25, -0.2) is 4.39 Å². The van der Waals surface area contributed by atoms with Gasteiger partial charge in [-0.15, -0.1) is 11.8 Å². The maximum Gasteiger partial charge on any atom is 0.261 e. The highest BCUT2D eigenvalue weighted by atomic mass is 35.5. The van der Waals surface area contributed by atoms with Crippen LogP contribution in [0, 0.1) is 5.82 Å². The number of hydrogen-bond acceptors (Lipinski definition) is 3. The molecule has 2 aromatic rings. The molecule has 0 unspecified atom stereocenters. The summed E-state index contributed by atoms with van der Waals surface area (Å²) in [6.45, 7) is 1.64. The lowest BCUT2D eigenvalue weighted by Gasteiger charge is -2.27. The van der Waals surface area contributed by atoms with Crippen molar-refractivity contribution in [3.05, 3.63) is 57.8 Å². The van der Waals surface area contributed by atoms with Gasteiger partial charge in [0.1, 0.15) is 16.6 Å². The first-order chi connectivity index (χ1) is 12.0. The maximum atomic E-state index is 13.6. The van der Waals surface area contributed by atoms with E-state index in [4.69, 9.17) is 27.9 Å². The van der Waals surface area contributed by atoms with Crippen molar-refractivity contribution in [2.75, 3.05) is 5.75 Å². The highest BCUT2D eigenvalue weighted by Gasteiger charge is 2.26. The highest BCUT2D eigenvalue weighted by Crippen LogP contribution is 2.37. The van der Waals surface area contributed by atoms with Crippen molar-refractivity contribution >= 4 is 40.9 Å². The summed E-state index contributed by atoms with van der Waals surface area (Å²) in [5.74, 6) is 0.611. The fraction of sp³-hybridized carbons (Fsp3) is 0.278. The smallest absolute Gasteiger partial charge is 0.261 e. The van der Waals surface area contributed by atoms with Gasteiger partial charge in [-0.1, -0.05) is 29.3 Å². The van der Waals surface area contributed by atoms with Crippen molar-refractivity contribution in [1.82, 2.24) is 5.32 Å². The highest BCUT2D eigenvalue weighted by molar-refractivity contribution is 7.99. The monoisotopic (exact) mass is 399 g/mol. The normalized spacial score (nSPS) is 17.5. The molecule has 0 fully saturated rings. The Hall–Kier alpha value is -1.43. The van der Waals surface area contributed by atoms with Crippen LogP contribution >= 0.6 is 35.0 Å². The molecule has 2 atom stereocenters. The van der Waals surface area contributed by atoms with Crippen molar-refractivity contribution in [2.24, 2.45) is 0 Å². The number of carbonyl (C=O) groups excluding carboxylic acids is 1. The Morgan fingerprint density at radius 3 is 2.96 bits per heavy atom. The molecule has 0 saturated heterocycles. The fourth-order valence-electron chi connectivity index (χ4n) is 2.62. The topological polar surface area (TPSA) is 38.3 Å². The van der Waals surface area contributed by atoms with E-state index in [1.807, 2.05) is 0 Å². The van der Waals surface area contributed by atoms with E-state index in [1.54, 1.807) is 43.0 Å². The molecular weight excluding hydrogens is 384 g/mol. The summed E-state index contributed by atoms with van der Waals surface area (Å²) in [6, 6.07) is 9.42. The van der Waals surface area contributed by atoms with Crippen molar-refractivity contribution in [2.45, 2.75) is 30.4 Å². The maximum absolute atomic E-state index is 13.6. The van der Waals surface area contributed by atoms with Gasteiger partial charge in [0.25, 0.3) is 5.91 Å². The van der Waals surface area contributed by atoms with Crippen LogP contribution in [0.1, 0.15) is 24.9 Å². The van der Waals surface area contributed by atoms with Gasteiger partial charge in [0.15, 0.2) is 6.10 Å². The lowest BCUT2D eigenvalue weighted by molar-refractivity contribution is -0.128. The second-order valence-corrected chi connectivity index (χ2v) is 7.61. The van der Waals surface area contributed by atoms with E-state index < -0.39 is 6.10 Å². The van der Waals surface area contributed by atoms with E-state index in [2.05, 4.69) is 5.32 Å². The van der Waals surface area contributed by atoms with Crippen LogP contribution in [0.5, 0.6) is 5.75 Å². The third-order valence-electron chi connectivity index (χ3n) is 3.92. The van der Waals surface area contributed by atoms with Crippen LogP contribution in [0.25, 0.3) is 0 Å². The van der Waals surface area contributed by atoms with Gasteiger partial charge >= 0.3 is 0 Å². The summed E-state index contributed by atoms with van der Waals surface area (Å²) in [7, 11) is 0. The first-order valence-corrected chi connectivity index (χ1v) is 9.53. The van der Waals surface area contributed by atoms with Gasteiger partial charge in [0.05, 0.1) is 11.1 Å². The Kier molecular flexibility index (Phi) is 5.77. The molecule has 1 aliphatic rings. The SMILES string of the molecule is C[C@H](Oc1cccc(Cl)c1Cl)C(=O)N[C@H]1CCSc2ccc(F)cc21. The molecule has 0 radical (unpaired) electrons. The molecule has 0 saturated carbocycles. The molecule has 1 N–H and O–H groups in total. The second-order valence-electron chi connectivity index (χ2n) is 5.69. The summed E-state index contributed by atoms with van der Waals surface area (Å²) in [5.41, 5.74) is 0.803. The number of ether oxygens (including phenoxy) is 1. The van der Waals surface area contributed by atoms with Gasteiger partial charge in [-0.05, 0) is 49.2 Å². The number of rotatable bonds is 4. The van der Waals surface area contributed by atoms with E-state index >= 15 is 0 Å². The number of benzene rings is 2. The van der Waals surface area contributed by atoms with E-state index in [0.717, 1.165) is 22.6 Å². The van der Waals surface area contributed by atoms with Crippen LogP contribution in [0.2, 0.25) is 10.0 Å². The summed E-state index contributed by atoms with van der Waals surface area (Å²) in [4.78, 5) is 13.5. The first-order valence-electron chi connectivity index (χ1n) is 7.79. The average molecular weight is 400 g/mol. The van der Waals surface area contributed by atoms with Crippen LogP contribution in [0.3, 0.4) is 0 Å². The average Bonchev–Trinajstić information content (AvgIpc) is 2.59. The van der Waals surface area contributed by atoms with Crippen molar-refractivity contribution < 1.29 is 13.9 Å². The molecule has 2 aromatic carbocycles. The third kappa shape index (κ3) is 4.22. The standard InChI is InChI=1S/C18H16Cl2FNO2S/c1-10(24-15-4-2-3-13(19)17(15)20)18(23)22-14-7-8-25-16-6-5-11(21)9-12(14)16/h2-6,9-10,14H,7-8H2,1H3,(H,22,23)/t10-,14-/m0/s1. The molecule has 0 spiro atoms. The van der Waals surface area contributed by atoms with Gasteiger partial charge in [-0.2, -0.15) is 0 Å². The number of nitrogens with one attached hydrogen (secondary N) is 1. The lowest BCUT2D eigenvalue weighted by atomic mass is 10.0. The number of carbonyl (C=O) groups is 1. The van der Waals surface area contributed by atoms with Crippen LogP contribution in [0.4, 0.5) is 4.39 Å². The lowest BCUT2D eigenvalue weighted by Crippen LogP contribution is -2.39. The Balaban J connectivity index is 1.70. The minimum absolute atomic E-state index is 0.236. The van der Waals surface area contributed by atoms with Crippen molar-refractivity contribution in [1.29, 1.82) is 0 Å². The van der Waals surface area contributed by atoms with Crippen molar-refractivity contribution in [3.8, 4) is 5.75 Å². The zero-order chi connectivity index (χ0) is 18.0. The fourth-order valence-corrected chi connectivity index (χ4v) is 4.07. The Morgan fingerprint density at radius 1 is 1.36 bits per heavy atom. The first kappa shape index (κ1) is 18.4. The molecule has 132 valence electrons. The summed E-state index contributed by atoms with van der Waals surface area (Å²) in [5, 5.41) is 3.57. The number of fused-ring (bicyclic) bond motifs is 1. The molecule has 7 heteroatoms. The predicted octanol–water partition coefficient (Wildman–Crippen LogP) is 5.25. The second kappa shape index (κ2) is 7.85. The summed E-state index contributed by atoms with van der Waals surface area (Å²) in [6.07, 6.45) is -0.0279. The molecule has 1 aliphatic heterocycles. The van der Waals surface area contributed by atoms with E-state index in [-0.39, 0.29) is 22.8 Å². The summed E-state index contributed by atoms with van der Waals surface area (Å²) >= 11 is 13.7. The molecule has 1 heterocycles. The minimum atomic E-state index is -0.762. The number of hydrogen-bond donors (Lipinski definition) is 1. The molecule has 0 bridgehead atoms. The molecular formula is C18H16Cl2FNO2S. The van der Waals surface area contributed by atoms with Crippen LogP contribution in [-0.2, 0) is 4.79 Å². The van der Waals surface area contributed by atoms with E-state index in [1.165, 1.54) is 12.1 Å². The van der Waals surface area contributed by atoms with Crippen LogP contribution < -0.4 is 10.1 Å². The summed E-state index contributed by atoms with van der Waals surface area (Å²) < 4.78 is 19.2. The van der Waals surface area contributed by atoms with Crippen LogP contribution in [-0.4, -0.2) is 17.8 Å². The zero-order valence-corrected chi connectivity index (χ0v) is 15.7. The van der Waals surface area contributed by atoms with Crippen molar-refractivity contribution in [3.63, 3.8) is 0 Å². The largest absolute Gasteiger partial charge is 0.479 e. The molecule has 0 aromatic heterocycles. The number of amides is 1. The van der Waals surface area contributed by atoms with E-state index in [0.29, 0.717) is 10.8 Å². The quantitative estimate of drug-likeness (QED) is 0.762. The molecule has 1 amide bonds. The third-order valence-corrected chi connectivity index (χ3v) is 5.84. The van der Waals surface area contributed by atoms with Gasteiger partial charge in [0.2, 0.25) is 0 Å². The Labute approximate surface area is 159 Å². The van der Waals surface area contributed by atoms with Gasteiger partial charge < -0.3 is 10.1 Å².